The fourth-order valence-corrected chi connectivity index (χ4v) is 2.70. The van der Waals surface area contributed by atoms with Crippen LogP contribution in [0.4, 0.5) is 0 Å². The van der Waals surface area contributed by atoms with Crippen LogP contribution in [-0.2, 0) is 9.59 Å². The SMILES string of the molecule is CCC(C)(NC(=O)CN)C(=O)Oc1cc(Br)cc(Br)c1.Cl. The summed E-state index contributed by atoms with van der Waals surface area (Å²) in [6, 6.07) is 5.17. The zero-order valence-electron chi connectivity index (χ0n) is 11.6. The smallest absolute Gasteiger partial charge is 0.336 e. The molecule has 1 aromatic carbocycles. The lowest BCUT2D eigenvalue weighted by atomic mass is 9.99. The number of nitrogens with two attached hydrogens (primary N) is 1. The first-order chi connectivity index (χ1) is 9.30. The second-order valence-electron chi connectivity index (χ2n) is 4.43. The average molecular weight is 445 g/mol. The van der Waals surface area contributed by atoms with Crippen LogP contribution in [0, 0.1) is 0 Å². The maximum absolute atomic E-state index is 12.2. The summed E-state index contributed by atoms with van der Waals surface area (Å²) in [4.78, 5) is 23.6. The Morgan fingerprint density at radius 2 is 1.81 bits per heavy atom. The van der Waals surface area contributed by atoms with Crippen LogP contribution in [0.1, 0.15) is 20.3 Å². The molecule has 0 aliphatic rings. The van der Waals surface area contributed by atoms with Crippen molar-refractivity contribution in [1.29, 1.82) is 0 Å². The highest BCUT2D eigenvalue weighted by molar-refractivity contribution is 9.11. The molecule has 1 unspecified atom stereocenters. The van der Waals surface area contributed by atoms with Crippen LogP contribution >= 0.6 is 44.3 Å². The van der Waals surface area contributed by atoms with Crippen molar-refractivity contribution in [2.24, 2.45) is 5.73 Å². The number of benzene rings is 1. The van der Waals surface area contributed by atoms with Gasteiger partial charge in [0.05, 0.1) is 6.54 Å². The lowest BCUT2D eigenvalue weighted by molar-refractivity contribution is -0.144. The van der Waals surface area contributed by atoms with E-state index in [1.54, 1.807) is 26.0 Å². The van der Waals surface area contributed by atoms with Gasteiger partial charge in [-0.2, -0.15) is 0 Å². The second-order valence-corrected chi connectivity index (χ2v) is 6.26. The van der Waals surface area contributed by atoms with Crippen LogP contribution in [-0.4, -0.2) is 24.0 Å². The zero-order chi connectivity index (χ0) is 15.3. The predicted molar refractivity (Wildman–Crippen MR) is 90.6 cm³/mol. The number of rotatable bonds is 5. The Morgan fingerprint density at radius 3 is 2.24 bits per heavy atom. The monoisotopic (exact) mass is 442 g/mol. The number of nitrogens with one attached hydrogen (secondary N) is 1. The molecule has 5 nitrogen and oxygen atoms in total. The van der Waals surface area contributed by atoms with Crippen molar-refractivity contribution in [3.63, 3.8) is 0 Å². The van der Waals surface area contributed by atoms with Gasteiger partial charge < -0.3 is 15.8 Å². The molecule has 1 aromatic rings. The molecule has 0 saturated heterocycles. The molecule has 0 bridgehead atoms. The standard InChI is InChI=1S/C13H16Br2N2O3.ClH/c1-3-13(2,17-11(18)7-16)12(19)20-10-5-8(14)4-9(15)6-10;/h4-6H,3,7,16H2,1-2H3,(H,17,18);1H. The number of esters is 1. The van der Waals surface area contributed by atoms with Gasteiger partial charge in [0.25, 0.3) is 0 Å². The van der Waals surface area contributed by atoms with Gasteiger partial charge in [-0.1, -0.05) is 38.8 Å². The lowest BCUT2D eigenvalue weighted by Crippen LogP contribution is -2.55. The van der Waals surface area contributed by atoms with Gasteiger partial charge >= 0.3 is 5.97 Å². The van der Waals surface area contributed by atoms with Crippen molar-refractivity contribution in [2.45, 2.75) is 25.8 Å². The predicted octanol–water partition coefficient (Wildman–Crippen LogP) is 2.78. The van der Waals surface area contributed by atoms with Crippen molar-refractivity contribution in [1.82, 2.24) is 5.32 Å². The van der Waals surface area contributed by atoms with Gasteiger partial charge in [-0.3, -0.25) is 4.79 Å². The fourth-order valence-electron chi connectivity index (χ4n) is 1.45. The first kappa shape index (κ1) is 20.4. The molecular formula is C13H17Br2ClN2O3. The third kappa shape index (κ3) is 5.94. The number of carbonyl (C=O) groups excluding carboxylic acids is 2. The minimum absolute atomic E-state index is 0. The van der Waals surface area contributed by atoms with Crippen molar-refractivity contribution in [3.8, 4) is 5.75 Å². The van der Waals surface area contributed by atoms with E-state index in [-0.39, 0.29) is 19.0 Å². The highest BCUT2D eigenvalue weighted by Gasteiger charge is 2.34. The highest BCUT2D eigenvalue weighted by atomic mass is 79.9. The van der Waals surface area contributed by atoms with Gasteiger partial charge in [-0.15, -0.1) is 12.4 Å². The molecule has 21 heavy (non-hydrogen) atoms. The first-order valence-electron chi connectivity index (χ1n) is 6.00. The molecule has 0 aliphatic carbocycles. The summed E-state index contributed by atoms with van der Waals surface area (Å²) in [5.41, 5.74) is 4.14. The van der Waals surface area contributed by atoms with Crippen LogP contribution in [0.2, 0.25) is 0 Å². The summed E-state index contributed by atoms with van der Waals surface area (Å²) in [6.45, 7) is 3.22. The van der Waals surface area contributed by atoms with Crippen molar-refractivity contribution >= 4 is 56.1 Å². The van der Waals surface area contributed by atoms with Crippen LogP contribution in [0.3, 0.4) is 0 Å². The largest absolute Gasteiger partial charge is 0.425 e. The zero-order valence-corrected chi connectivity index (χ0v) is 15.6. The van der Waals surface area contributed by atoms with E-state index in [1.165, 1.54) is 0 Å². The van der Waals surface area contributed by atoms with E-state index in [0.29, 0.717) is 12.2 Å². The molecule has 0 saturated carbocycles. The van der Waals surface area contributed by atoms with E-state index in [2.05, 4.69) is 37.2 Å². The Balaban J connectivity index is 0.00000400. The van der Waals surface area contributed by atoms with Gasteiger partial charge in [0.15, 0.2) is 0 Å². The number of ether oxygens (including phenoxy) is 1. The minimum atomic E-state index is -1.11. The Bertz CT molecular complexity index is 508. The summed E-state index contributed by atoms with van der Waals surface area (Å²) >= 11 is 6.63. The van der Waals surface area contributed by atoms with E-state index in [0.717, 1.165) is 8.95 Å². The summed E-state index contributed by atoms with van der Waals surface area (Å²) in [6.07, 6.45) is 0.396. The number of hydrogen-bond acceptors (Lipinski definition) is 4. The Hall–Kier alpha value is -0.630. The highest BCUT2D eigenvalue weighted by Crippen LogP contribution is 2.26. The molecule has 0 spiro atoms. The Kier molecular flexibility index (Phi) is 8.46. The maximum Gasteiger partial charge on any atom is 0.336 e. The molecular weight excluding hydrogens is 427 g/mol. The molecule has 1 amide bonds. The molecule has 0 fully saturated rings. The third-order valence-electron chi connectivity index (χ3n) is 2.80. The number of hydrogen-bond donors (Lipinski definition) is 2. The topological polar surface area (TPSA) is 81.4 Å². The molecule has 0 heterocycles. The summed E-state index contributed by atoms with van der Waals surface area (Å²) in [5.74, 6) is -0.550. The number of amides is 1. The minimum Gasteiger partial charge on any atom is -0.425 e. The summed E-state index contributed by atoms with van der Waals surface area (Å²) in [5, 5.41) is 2.58. The van der Waals surface area contributed by atoms with Crippen LogP contribution in [0.15, 0.2) is 27.1 Å². The van der Waals surface area contributed by atoms with Crippen molar-refractivity contribution < 1.29 is 14.3 Å². The van der Waals surface area contributed by atoms with Gasteiger partial charge in [0, 0.05) is 8.95 Å². The van der Waals surface area contributed by atoms with Gasteiger partial charge in [-0.25, -0.2) is 4.79 Å². The van der Waals surface area contributed by atoms with Gasteiger partial charge in [0.1, 0.15) is 11.3 Å². The van der Waals surface area contributed by atoms with Gasteiger partial charge in [0.2, 0.25) is 5.91 Å². The molecule has 0 aliphatic heterocycles. The number of halogens is 3. The van der Waals surface area contributed by atoms with E-state index in [1.807, 2.05) is 6.07 Å². The van der Waals surface area contributed by atoms with Crippen LogP contribution in [0.5, 0.6) is 5.75 Å². The average Bonchev–Trinajstić information content (AvgIpc) is 2.37. The van der Waals surface area contributed by atoms with E-state index in [9.17, 15) is 9.59 Å². The molecule has 1 atom stereocenters. The van der Waals surface area contributed by atoms with Crippen molar-refractivity contribution in [3.05, 3.63) is 27.1 Å². The molecule has 0 radical (unpaired) electrons. The van der Waals surface area contributed by atoms with Crippen LogP contribution < -0.4 is 15.8 Å². The molecule has 8 heteroatoms. The summed E-state index contributed by atoms with van der Waals surface area (Å²) < 4.78 is 6.88. The number of carbonyl (C=O) groups is 2. The maximum atomic E-state index is 12.2. The summed E-state index contributed by atoms with van der Waals surface area (Å²) in [7, 11) is 0. The van der Waals surface area contributed by atoms with E-state index in [4.69, 9.17) is 10.5 Å². The molecule has 0 aromatic heterocycles. The lowest BCUT2D eigenvalue weighted by Gasteiger charge is -2.27. The first-order valence-corrected chi connectivity index (χ1v) is 7.58. The molecule has 3 N–H and O–H groups in total. The quantitative estimate of drug-likeness (QED) is 0.541. The van der Waals surface area contributed by atoms with Crippen LogP contribution in [0.25, 0.3) is 0 Å². The Labute approximate surface area is 146 Å². The fraction of sp³-hybridized carbons (Fsp3) is 0.385. The van der Waals surface area contributed by atoms with Gasteiger partial charge in [-0.05, 0) is 31.5 Å². The third-order valence-corrected chi connectivity index (χ3v) is 3.72. The van der Waals surface area contributed by atoms with E-state index >= 15 is 0 Å². The van der Waals surface area contributed by atoms with E-state index < -0.39 is 17.4 Å². The normalized spacial score (nSPS) is 12.8. The van der Waals surface area contributed by atoms with Crippen molar-refractivity contribution in [2.75, 3.05) is 6.54 Å². The Morgan fingerprint density at radius 1 is 1.29 bits per heavy atom. The molecule has 1 rings (SSSR count). The second kappa shape index (κ2) is 8.73. The molecule has 118 valence electrons.